The first-order valence-corrected chi connectivity index (χ1v) is 7.89. The Hall–Kier alpha value is -1.39. The first kappa shape index (κ1) is 13.1. The molecule has 1 aliphatic heterocycles. The number of benzene rings is 1. The maximum Gasteiger partial charge on any atom is 0.270 e. The van der Waals surface area contributed by atoms with Crippen LogP contribution in [0.2, 0.25) is 0 Å². The number of nitro groups is 1. The van der Waals surface area contributed by atoms with Crippen LogP contribution in [0.1, 0.15) is 5.56 Å². The average molecular weight is 281 g/mol. The summed E-state index contributed by atoms with van der Waals surface area (Å²) in [6, 6.07) is 6.53. The Morgan fingerprint density at radius 3 is 2.56 bits per heavy atom. The minimum atomic E-state index is -0.473. The highest BCUT2D eigenvalue weighted by atomic mass is 33.1. The van der Waals surface area contributed by atoms with Gasteiger partial charge in [0.2, 0.25) is 0 Å². The van der Waals surface area contributed by atoms with Crippen molar-refractivity contribution in [3.63, 3.8) is 0 Å². The van der Waals surface area contributed by atoms with E-state index >= 15 is 0 Å². The third kappa shape index (κ3) is 2.89. The fourth-order valence-electron chi connectivity index (χ4n) is 1.77. The Kier molecular flexibility index (Phi) is 4.33. The molecule has 18 heavy (non-hydrogen) atoms. The molecule has 0 radical (unpaired) electrons. The lowest BCUT2D eigenvalue weighted by Crippen LogP contribution is -2.27. The summed E-state index contributed by atoms with van der Waals surface area (Å²) < 4.78 is 0. The van der Waals surface area contributed by atoms with Crippen LogP contribution in [0.15, 0.2) is 18.2 Å². The molecule has 0 saturated carbocycles. The molecule has 1 aromatic carbocycles. The van der Waals surface area contributed by atoms with E-state index in [0.29, 0.717) is 5.56 Å². The van der Waals surface area contributed by atoms with Crippen LogP contribution in [0, 0.1) is 21.4 Å². The predicted molar refractivity (Wildman–Crippen MR) is 74.9 cm³/mol. The largest absolute Gasteiger partial charge is 0.369 e. The molecule has 0 unspecified atom stereocenters. The summed E-state index contributed by atoms with van der Waals surface area (Å²) in [7, 11) is 3.64. The lowest BCUT2D eigenvalue weighted by Gasteiger charge is -2.22. The zero-order valence-electron chi connectivity index (χ0n) is 9.54. The molecule has 0 atom stereocenters. The van der Waals surface area contributed by atoms with Crippen molar-refractivity contribution in [1.82, 2.24) is 0 Å². The fraction of sp³-hybridized carbons (Fsp3) is 0.364. The molecule has 0 N–H and O–H groups in total. The van der Waals surface area contributed by atoms with Crippen molar-refractivity contribution in [2.24, 2.45) is 0 Å². The molecule has 1 heterocycles. The summed E-state index contributed by atoms with van der Waals surface area (Å²) in [6.07, 6.45) is 0. The van der Waals surface area contributed by atoms with Gasteiger partial charge in [-0.15, -0.1) is 0 Å². The van der Waals surface area contributed by atoms with Crippen LogP contribution < -0.4 is 4.90 Å². The van der Waals surface area contributed by atoms with E-state index in [1.54, 1.807) is 6.07 Å². The normalized spacial score (nSPS) is 15.8. The van der Waals surface area contributed by atoms with Crippen LogP contribution in [-0.4, -0.2) is 29.5 Å². The van der Waals surface area contributed by atoms with Crippen molar-refractivity contribution in [3.05, 3.63) is 33.9 Å². The lowest BCUT2D eigenvalue weighted by atomic mass is 10.1. The quantitative estimate of drug-likeness (QED) is 0.471. The van der Waals surface area contributed by atoms with Crippen molar-refractivity contribution in [1.29, 1.82) is 5.26 Å². The molecule has 0 amide bonds. The van der Waals surface area contributed by atoms with E-state index in [9.17, 15) is 10.1 Å². The van der Waals surface area contributed by atoms with Gasteiger partial charge in [0, 0.05) is 36.7 Å². The van der Waals surface area contributed by atoms with E-state index in [1.165, 1.54) is 12.1 Å². The van der Waals surface area contributed by atoms with E-state index in [0.717, 1.165) is 30.3 Å². The van der Waals surface area contributed by atoms with Crippen LogP contribution in [0.5, 0.6) is 0 Å². The SMILES string of the molecule is N#Cc1cc([N+](=O)[O-])ccc1N1CCSSCC1. The molecule has 0 aromatic heterocycles. The van der Waals surface area contributed by atoms with Gasteiger partial charge >= 0.3 is 0 Å². The number of hydrogen-bond donors (Lipinski definition) is 0. The highest BCUT2D eigenvalue weighted by Crippen LogP contribution is 2.30. The van der Waals surface area contributed by atoms with Crippen molar-refractivity contribution >= 4 is 33.0 Å². The molecule has 0 spiro atoms. The zero-order valence-corrected chi connectivity index (χ0v) is 11.2. The average Bonchev–Trinajstić information content (AvgIpc) is 2.66. The molecule has 1 saturated heterocycles. The molecule has 5 nitrogen and oxygen atoms in total. The Bertz CT molecular complexity index is 494. The smallest absolute Gasteiger partial charge is 0.270 e. The second-order valence-corrected chi connectivity index (χ2v) is 6.40. The first-order valence-electron chi connectivity index (χ1n) is 5.40. The summed E-state index contributed by atoms with van der Waals surface area (Å²) >= 11 is 0. The van der Waals surface area contributed by atoms with Gasteiger partial charge in [-0.25, -0.2) is 0 Å². The number of non-ortho nitro benzene ring substituents is 1. The second-order valence-electron chi connectivity index (χ2n) is 3.70. The molecular weight excluding hydrogens is 270 g/mol. The minimum Gasteiger partial charge on any atom is -0.369 e. The van der Waals surface area contributed by atoms with Crippen LogP contribution in [0.3, 0.4) is 0 Å². The highest BCUT2D eigenvalue weighted by Gasteiger charge is 2.17. The number of rotatable bonds is 2. The van der Waals surface area contributed by atoms with Gasteiger partial charge in [0.25, 0.3) is 5.69 Å². The van der Waals surface area contributed by atoms with E-state index in [2.05, 4.69) is 4.90 Å². The second kappa shape index (κ2) is 5.98. The van der Waals surface area contributed by atoms with E-state index in [1.807, 2.05) is 27.7 Å². The number of nitriles is 1. The zero-order chi connectivity index (χ0) is 13.0. The highest BCUT2D eigenvalue weighted by molar-refractivity contribution is 8.76. The summed E-state index contributed by atoms with van der Waals surface area (Å²) in [5.41, 5.74) is 1.14. The van der Waals surface area contributed by atoms with E-state index in [4.69, 9.17) is 5.26 Å². The number of nitro benzene ring substituents is 1. The third-order valence-electron chi connectivity index (χ3n) is 2.62. The van der Waals surface area contributed by atoms with Crippen LogP contribution in [-0.2, 0) is 0 Å². The van der Waals surface area contributed by atoms with Gasteiger partial charge in [-0.2, -0.15) is 5.26 Å². The molecule has 7 heteroatoms. The van der Waals surface area contributed by atoms with Crippen LogP contribution >= 0.6 is 21.6 Å². The van der Waals surface area contributed by atoms with Gasteiger partial charge in [-0.05, 0) is 6.07 Å². The Morgan fingerprint density at radius 2 is 2.00 bits per heavy atom. The number of nitrogens with zero attached hydrogens (tertiary/aromatic N) is 3. The van der Waals surface area contributed by atoms with Gasteiger partial charge in [0.05, 0.1) is 16.2 Å². The Balaban J connectivity index is 2.32. The van der Waals surface area contributed by atoms with Gasteiger partial charge < -0.3 is 4.90 Å². The molecular formula is C11H11N3O2S2. The summed E-state index contributed by atoms with van der Waals surface area (Å²) in [4.78, 5) is 12.3. The monoisotopic (exact) mass is 281 g/mol. The molecule has 0 bridgehead atoms. The summed E-state index contributed by atoms with van der Waals surface area (Å²) in [6.45, 7) is 1.73. The van der Waals surface area contributed by atoms with Gasteiger partial charge in [-0.3, -0.25) is 10.1 Å². The first-order chi connectivity index (χ1) is 8.72. The van der Waals surface area contributed by atoms with E-state index < -0.39 is 4.92 Å². The lowest BCUT2D eigenvalue weighted by molar-refractivity contribution is -0.384. The van der Waals surface area contributed by atoms with Crippen LogP contribution in [0.25, 0.3) is 0 Å². The molecule has 94 valence electrons. The molecule has 1 aromatic rings. The van der Waals surface area contributed by atoms with Gasteiger partial charge in [-0.1, -0.05) is 21.6 Å². The predicted octanol–water partition coefficient (Wildman–Crippen LogP) is 2.67. The van der Waals surface area contributed by atoms with Crippen molar-refractivity contribution < 1.29 is 4.92 Å². The fourth-order valence-corrected chi connectivity index (χ4v) is 3.75. The topological polar surface area (TPSA) is 70.2 Å². The Morgan fingerprint density at radius 1 is 1.33 bits per heavy atom. The molecule has 0 aliphatic carbocycles. The van der Waals surface area contributed by atoms with Crippen molar-refractivity contribution in [2.75, 3.05) is 29.5 Å². The molecule has 1 aliphatic rings. The number of hydrogen-bond acceptors (Lipinski definition) is 6. The van der Waals surface area contributed by atoms with E-state index in [-0.39, 0.29) is 5.69 Å². The maximum atomic E-state index is 10.7. The minimum absolute atomic E-state index is 0.0335. The molecule has 2 rings (SSSR count). The van der Waals surface area contributed by atoms with Gasteiger partial charge in [0.15, 0.2) is 0 Å². The van der Waals surface area contributed by atoms with Gasteiger partial charge in [0.1, 0.15) is 6.07 Å². The third-order valence-corrected chi connectivity index (χ3v) is 4.99. The van der Waals surface area contributed by atoms with Crippen molar-refractivity contribution in [2.45, 2.75) is 0 Å². The number of anilines is 1. The summed E-state index contributed by atoms with van der Waals surface area (Å²) in [5.74, 6) is 1.99. The Labute approximate surface area is 113 Å². The van der Waals surface area contributed by atoms with Crippen LogP contribution in [0.4, 0.5) is 11.4 Å². The van der Waals surface area contributed by atoms with Crippen molar-refractivity contribution in [3.8, 4) is 6.07 Å². The molecule has 1 fully saturated rings. The standard InChI is InChI=1S/C11H11N3O2S2/c12-8-9-7-10(14(15)16)1-2-11(9)13-3-5-17-18-6-4-13/h1-2,7H,3-6H2. The maximum absolute atomic E-state index is 10.7. The summed E-state index contributed by atoms with van der Waals surface area (Å²) in [5, 5.41) is 19.8.